The van der Waals surface area contributed by atoms with E-state index in [1.54, 1.807) is 11.3 Å². The minimum atomic E-state index is 0.199. The van der Waals surface area contributed by atoms with E-state index in [4.69, 9.17) is 0 Å². The summed E-state index contributed by atoms with van der Waals surface area (Å²) in [6.45, 7) is 1.96. The molecular weight excluding hydrogens is 220 g/mol. The Labute approximate surface area is 100 Å². The molecule has 1 fully saturated rings. The molecule has 1 amide bonds. The second kappa shape index (κ2) is 6.01. The fraction of sp³-hybridized carbons (Fsp3) is 0.583. The van der Waals surface area contributed by atoms with E-state index in [1.807, 2.05) is 0 Å². The average molecular weight is 238 g/mol. The molecule has 3 nitrogen and oxygen atoms in total. The third-order valence-corrected chi connectivity index (χ3v) is 3.77. The van der Waals surface area contributed by atoms with Crippen LogP contribution in [0.3, 0.4) is 0 Å². The Morgan fingerprint density at radius 1 is 1.62 bits per heavy atom. The number of hydrogen-bond donors (Lipinski definition) is 2. The second-order valence-corrected chi connectivity index (χ2v) is 5.22. The highest BCUT2D eigenvalue weighted by Crippen LogP contribution is 2.11. The van der Waals surface area contributed by atoms with E-state index in [9.17, 15) is 4.79 Å². The van der Waals surface area contributed by atoms with Gasteiger partial charge in [0.1, 0.15) is 0 Å². The smallest absolute Gasteiger partial charge is 0.220 e. The lowest BCUT2D eigenvalue weighted by molar-refractivity contribution is -0.121. The maximum Gasteiger partial charge on any atom is 0.220 e. The normalized spacial score (nSPS) is 19.9. The van der Waals surface area contributed by atoms with Gasteiger partial charge in [0.15, 0.2) is 0 Å². The molecule has 0 saturated carbocycles. The lowest BCUT2D eigenvalue weighted by atomic mass is 10.2. The molecule has 0 bridgehead atoms. The van der Waals surface area contributed by atoms with E-state index < -0.39 is 0 Å². The maximum atomic E-state index is 11.6. The number of nitrogens with one attached hydrogen (secondary N) is 2. The van der Waals surface area contributed by atoms with Crippen molar-refractivity contribution in [1.29, 1.82) is 0 Å². The zero-order chi connectivity index (χ0) is 11.2. The molecule has 1 aromatic heterocycles. The van der Waals surface area contributed by atoms with Gasteiger partial charge in [-0.05, 0) is 37.3 Å². The third-order valence-electron chi connectivity index (χ3n) is 2.83. The van der Waals surface area contributed by atoms with Crippen molar-refractivity contribution in [3.63, 3.8) is 0 Å². The molecule has 4 heteroatoms. The summed E-state index contributed by atoms with van der Waals surface area (Å²) in [5.41, 5.74) is 0. The van der Waals surface area contributed by atoms with Gasteiger partial charge in [-0.15, -0.1) is 11.3 Å². The average Bonchev–Trinajstić information content (AvgIpc) is 2.90. The van der Waals surface area contributed by atoms with Gasteiger partial charge in [-0.3, -0.25) is 4.79 Å². The van der Waals surface area contributed by atoms with Gasteiger partial charge in [-0.1, -0.05) is 6.07 Å². The number of thiophene rings is 1. The Bertz CT molecular complexity index is 318. The summed E-state index contributed by atoms with van der Waals surface area (Å²) in [7, 11) is 0. The number of aryl methyl sites for hydroxylation is 1. The topological polar surface area (TPSA) is 41.1 Å². The van der Waals surface area contributed by atoms with Gasteiger partial charge in [-0.25, -0.2) is 0 Å². The van der Waals surface area contributed by atoms with Crippen LogP contribution in [0, 0.1) is 0 Å². The van der Waals surface area contributed by atoms with Crippen molar-refractivity contribution in [2.45, 2.75) is 31.7 Å². The zero-order valence-electron chi connectivity index (χ0n) is 9.37. The molecule has 1 atom stereocenters. The Hall–Kier alpha value is -0.870. The highest BCUT2D eigenvalue weighted by Gasteiger charge is 2.15. The first-order chi connectivity index (χ1) is 7.84. The van der Waals surface area contributed by atoms with Crippen LogP contribution in [0.25, 0.3) is 0 Å². The van der Waals surface area contributed by atoms with Crippen LogP contribution in [0.5, 0.6) is 0 Å². The molecule has 0 unspecified atom stereocenters. The van der Waals surface area contributed by atoms with Crippen LogP contribution in [0.1, 0.15) is 24.1 Å². The second-order valence-electron chi connectivity index (χ2n) is 4.19. The predicted octanol–water partition coefficient (Wildman–Crippen LogP) is 1.55. The summed E-state index contributed by atoms with van der Waals surface area (Å²) >= 11 is 1.77. The molecule has 1 saturated heterocycles. The van der Waals surface area contributed by atoms with Crippen LogP contribution in [-0.4, -0.2) is 25.0 Å². The fourth-order valence-electron chi connectivity index (χ4n) is 1.96. The van der Waals surface area contributed by atoms with Crippen LogP contribution < -0.4 is 10.6 Å². The molecule has 0 radical (unpaired) electrons. The number of carbonyl (C=O) groups excluding carboxylic acids is 1. The van der Waals surface area contributed by atoms with Crippen molar-refractivity contribution in [3.05, 3.63) is 22.4 Å². The number of rotatable bonds is 5. The monoisotopic (exact) mass is 238 g/mol. The van der Waals surface area contributed by atoms with Gasteiger partial charge < -0.3 is 10.6 Å². The molecule has 0 aliphatic carbocycles. The van der Waals surface area contributed by atoms with Crippen molar-refractivity contribution < 1.29 is 4.79 Å². The lowest BCUT2D eigenvalue weighted by Gasteiger charge is -2.10. The van der Waals surface area contributed by atoms with E-state index in [-0.39, 0.29) is 5.91 Å². The van der Waals surface area contributed by atoms with E-state index >= 15 is 0 Å². The van der Waals surface area contributed by atoms with E-state index in [0.29, 0.717) is 12.5 Å². The number of amides is 1. The Morgan fingerprint density at radius 3 is 3.25 bits per heavy atom. The minimum absolute atomic E-state index is 0.199. The third kappa shape index (κ3) is 3.61. The van der Waals surface area contributed by atoms with E-state index in [1.165, 1.54) is 4.88 Å². The molecule has 16 heavy (non-hydrogen) atoms. The van der Waals surface area contributed by atoms with Gasteiger partial charge in [0.2, 0.25) is 5.91 Å². The minimum Gasteiger partial charge on any atom is -0.352 e. The summed E-state index contributed by atoms with van der Waals surface area (Å²) < 4.78 is 0. The van der Waals surface area contributed by atoms with Crippen LogP contribution in [-0.2, 0) is 11.2 Å². The quantitative estimate of drug-likeness (QED) is 0.817. The van der Waals surface area contributed by atoms with Crippen LogP contribution in [0.2, 0.25) is 0 Å². The van der Waals surface area contributed by atoms with Gasteiger partial charge >= 0.3 is 0 Å². The summed E-state index contributed by atoms with van der Waals surface area (Å²) in [5.74, 6) is 0.199. The summed E-state index contributed by atoms with van der Waals surface area (Å²) in [4.78, 5) is 13.0. The van der Waals surface area contributed by atoms with E-state index in [2.05, 4.69) is 28.1 Å². The summed E-state index contributed by atoms with van der Waals surface area (Å²) in [6, 6.07) is 4.54. The highest BCUT2D eigenvalue weighted by atomic mass is 32.1. The van der Waals surface area contributed by atoms with Crippen molar-refractivity contribution in [2.24, 2.45) is 0 Å². The molecule has 1 aliphatic rings. The molecule has 1 aromatic rings. The van der Waals surface area contributed by atoms with Crippen molar-refractivity contribution in [3.8, 4) is 0 Å². The molecule has 0 aromatic carbocycles. The number of carbonyl (C=O) groups is 1. The Morgan fingerprint density at radius 2 is 2.56 bits per heavy atom. The van der Waals surface area contributed by atoms with Gasteiger partial charge in [0.25, 0.3) is 0 Å². The van der Waals surface area contributed by atoms with Gasteiger partial charge in [0.05, 0.1) is 0 Å². The zero-order valence-corrected chi connectivity index (χ0v) is 10.2. The molecule has 0 spiro atoms. The summed E-state index contributed by atoms with van der Waals surface area (Å²) in [6.07, 6.45) is 3.69. The molecule has 2 rings (SSSR count). The first-order valence-corrected chi connectivity index (χ1v) is 6.75. The SMILES string of the molecule is O=C(CCCc1cccs1)N[C@@H]1CCNC1. The van der Waals surface area contributed by atoms with Crippen LogP contribution >= 0.6 is 11.3 Å². The molecule has 2 heterocycles. The Balaban J connectivity index is 1.60. The lowest BCUT2D eigenvalue weighted by Crippen LogP contribution is -2.36. The first-order valence-electron chi connectivity index (χ1n) is 5.87. The van der Waals surface area contributed by atoms with Gasteiger partial charge in [0, 0.05) is 23.9 Å². The molecule has 1 aliphatic heterocycles. The molecule has 88 valence electrons. The first kappa shape index (κ1) is 11.6. The van der Waals surface area contributed by atoms with Crippen LogP contribution in [0.15, 0.2) is 17.5 Å². The maximum absolute atomic E-state index is 11.6. The highest BCUT2D eigenvalue weighted by molar-refractivity contribution is 7.09. The van der Waals surface area contributed by atoms with Crippen LogP contribution in [0.4, 0.5) is 0 Å². The van der Waals surface area contributed by atoms with E-state index in [0.717, 1.165) is 32.4 Å². The van der Waals surface area contributed by atoms with Crippen molar-refractivity contribution in [2.75, 3.05) is 13.1 Å². The fourth-order valence-corrected chi connectivity index (χ4v) is 2.71. The standard InChI is InChI=1S/C12H18N2OS/c15-12(14-10-6-7-13-9-10)5-1-3-11-4-2-8-16-11/h2,4,8,10,13H,1,3,5-7,9H2,(H,14,15)/t10-/m1/s1. The largest absolute Gasteiger partial charge is 0.352 e. The Kier molecular flexibility index (Phi) is 4.36. The summed E-state index contributed by atoms with van der Waals surface area (Å²) in [5, 5.41) is 8.39. The van der Waals surface area contributed by atoms with Crippen molar-refractivity contribution >= 4 is 17.2 Å². The van der Waals surface area contributed by atoms with Gasteiger partial charge in [-0.2, -0.15) is 0 Å². The predicted molar refractivity (Wildman–Crippen MR) is 66.7 cm³/mol. The van der Waals surface area contributed by atoms with Crippen molar-refractivity contribution in [1.82, 2.24) is 10.6 Å². The molecule has 2 N–H and O–H groups in total. The molecular formula is C12H18N2OS. The number of hydrogen-bond acceptors (Lipinski definition) is 3.